The van der Waals surface area contributed by atoms with Crippen molar-refractivity contribution >= 4 is 5.97 Å². The van der Waals surface area contributed by atoms with E-state index in [0.29, 0.717) is 0 Å². The fourth-order valence-electron chi connectivity index (χ4n) is 1.42. The summed E-state index contributed by atoms with van der Waals surface area (Å²) in [4.78, 5) is 10.6. The molecule has 2 nitrogen and oxygen atoms in total. The number of rotatable bonds is 2. The first-order valence-corrected chi connectivity index (χ1v) is 4.69. The van der Waals surface area contributed by atoms with Crippen molar-refractivity contribution in [1.29, 1.82) is 0 Å². The van der Waals surface area contributed by atoms with E-state index in [2.05, 4.69) is 20.8 Å². The second kappa shape index (κ2) is 3.82. The molecule has 0 unspecified atom stereocenters. The number of aromatic carboxylic acids is 1. The van der Waals surface area contributed by atoms with Crippen LogP contribution in [0.15, 0.2) is 24.3 Å². The van der Waals surface area contributed by atoms with Crippen molar-refractivity contribution in [3.05, 3.63) is 35.4 Å². The van der Waals surface area contributed by atoms with Crippen molar-refractivity contribution in [1.82, 2.24) is 0 Å². The maximum atomic E-state index is 10.6. The lowest BCUT2D eigenvalue weighted by Crippen LogP contribution is -2.22. The van der Waals surface area contributed by atoms with E-state index >= 15 is 0 Å². The zero-order chi connectivity index (χ0) is 10.8. The van der Waals surface area contributed by atoms with Crippen LogP contribution in [-0.2, 0) is 6.42 Å². The second-order valence-corrected chi connectivity index (χ2v) is 4.73. The van der Waals surface area contributed by atoms with Gasteiger partial charge in [0, 0.05) is 0 Å². The summed E-state index contributed by atoms with van der Waals surface area (Å²) in [6.45, 7) is 6.37. The van der Waals surface area contributed by atoms with Gasteiger partial charge in [0.25, 0.3) is 0 Å². The third-order valence-electron chi connectivity index (χ3n) is 1.90. The summed E-state index contributed by atoms with van der Waals surface area (Å²) in [5.74, 6) is -1.11. The van der Waals surface area contributed by atoms with Crippen molar-refractivity contribution in [2.75, 3.05) is 0 Å². The quantitative estimate of drug-likeness (QED) is 0.713. The predicted octanol–water partition coefficient (Wildman–Crippen LogP) is 1.64. The molecule has 0 saturated heterocycles. The van der Waals surface area contributed by atoms with E-state index in [1.807, 2.05) is 6.07 Å². The fraction of sp³-hybridized carbons (Fsp3) is 0.417. The third-order valence-corrected chi connectivity index (χ3v) is 1.90. The van der Waals surface area contributed by atoms with Gasteiger partial charge in [-0.1, -0.05) is 39.0 Å². The van der Waals surface area contributed by atoms with Gasteiger partial charge in [0.1, 0.15) is 0 Å². The Morgan fingerprint density at radius 3 is 2.50 bits per heavy atom. The van der Waals surface area contributed by atoms with Crippen molar-refractivity contribution < 1.29 is 9.90 Å². The van der Waals surface area contributed by atoms with Crippen LogP contribution in [0.3, 0.4) is 0 Å². The summed E-state index contributed by atoms with van der Waals surface area (Å²) in [7, 11) is 0. The lowest BCUT2D eigenvalue weighted by Gasteiger charge is -2.18. The van der Waals surface area contributed by atoms with Gasteiger partial charge in [0.15, 0.2) is 0 Å². The standard InChI is InChI=1S/C12H16O2/c1-12(2,3)8-9-5-4-6-10(7-9)11(13)14/h4-7H,8H2,1-3H3,(H,13,14)/p-1. The molecule has 0 heterocycles. The van der Waals surface area contributed by atoms with Gasteiger partial charge in [-0.3, -0.25) is 0 Å². The number of carboxylic acid groups (broad SMARTS) is 1. The molecule has 0 saturated carbocycles. The van der Waals surface area contributed by atoms with Gasteiger partial charge in [-0.05, 0) is 29.0 Å². The highest BCUT2D eigenvalue weighted by molar-refractivity contribution is 5.85. The highest BCUT2D eigenvalue weighted by Gasteiger charge is 2.11. The summed E-state index contributed by atoms with van der Waals surface area (Å²) in [6.07, 6.45) is 0.869. The van der Waals surface area contributed by atoms with Crippen molar-refractivity contribution in [3.8, 4) is 0 Å². The van der Waals surface area contributed by atoms with Crippen LogP contribution in [0.5, 0.6) is 0 Å². The molecule has 1 aromatic rings. The Bertz CT molecular complexity index is 334. The first kappa shape index (κ1) is 10.8. The van der Waals surface area contributed by atoms with Crippen LogP contribution in [0, 0.1) is 5.41 Å². The Labute approximate surface area is 84.6 Å². The molecule has 0 bridgehead atoms. The van der Waals surface area contributed by atoms with Crippen LogP contribution in [0.25, 0.3) is 0 Å². The molecule has 14 heavy (non-hydrogen) atoms. The predicted molar refractivity (Wildman–Crippen MR) is 53.9 cm³/mol. The highest BCUT2D eigenvalue weighted by Crippen LogP contribution is 2.20. The Morgan fingerprint density at radius 1 is 1.36 bits per heavy atom. The summed E-state index contributed by atoms with van der Waals surface area (Å²) in [6, 6.07) is 6.94. The van der Waals surface area contributed by atoms with Crippen LogP contribution in [0.2, 0.25) is 0 Å². The smallest absolute Gasteiger partial charge is 0.0715 e. The number of benzene rings is 1. The minimum Gasteiger partial charge on any atom is -0.545 e. The van der Waals surface area contributed by atoms with Gasteiger partial charge in [0.2, 0.25) is 0 Å². The van der Waals surface area contributed by atoms with Crippen LogP contribution < -0.4 is 5.11 Å². The topological polar surface area (TPSA) is 40.1 Å². The second-order valence-electron chi connectivity index (χ2n) is 4.73. The van der Waals surface area contributed by atoms with Gasteiger partial charge in [0.05, 0.1) is 5.97 Å². The SMILES string of the molecule is CC(C)(C)Cc1cccc(C(=O)[O-])c1. The molecule has 0 atom stereocenters. The first-order valence-electron chi connectivity index (χ1n) is 4.69. The Kier molecular flexibility index (Phi) is 2.94. The maximum Gasteiger partial charge on any atom is 0.0715 e. The average Bonchev–Trinajstić information content (AvgIpc) is 2.01. The molecule has 0 N–H and O–H groups in total. The van der Waals surface area contributed by atoms with Gasteiger partial charge >= 0.3 is 0 Å². The van der Waals surface area contributed by atoms with Gasteiger partial charge in [-0.15, -0.1) is 0 Å². The molecule has 2 heteroatoms. The molecular weight excluding hydrogens is 176 g/mol. The number of carboxylic acids is 1. The molecular formula is C12H15O2-. The molecule has 0 aromatic heterocycles. The van der Waals surface area contributed by atoms with Crippen LogP contribution >= 0.6 is 0 Å². The number of hydrogen-bond donors (Lipinski definition) is 0. The number of carbonyl (C=O) groups excluding carboxylic acids is 1. The van der Waals surface area contributed by atoms with Crippen molar-refractivity contribution in [3.63, 3.8) is 0 Å². The Morgan fingerprint density at radius 2 is 2.00 bits per heavy atom. The first-order chi connectivity index (χ1) is 6.38. The summed E-state index contributed by atoms with van der Waals surface area (Å²) < 4.78 is 0. The Balaban J connectivity index is 2.89. The third kappa shape index (κ3) is 3.21. The molecule has 0 aliphatic heterocycles. The van der Waals surface area contributed by atoms with E-state index in [0.717, 1.165) is 12.0 Å². The van der Waals surface area contributed by atoms with Crippen molar-refractivity contribution in [2.24, 2.45) is 5.41 Å². The molecule has 0 fully saturated rings. The summed E-state index contributed by atoms with van der Waals surface area (Å²) in [5, 5.41) is 10.6. The normalized spacial score (nSPS) is 11.4. The highest BCUT2D eigenvalue weighted by atomic mass is 16.4. The molecule has 0 radical (unpaired) electrons. The van der Waals surface area contributed by atoms with E-state index in [1.54, 1.807) is 18.2 Å². The molecule has 1 rings (SSSR count). The van der Waals surface area contributed by atoms with E-state index < -0.39 is 5.97 Å². The minimum absolute atomic E-state index is 0.171. The number of carbonyl (C=O) groups is 1. The molecule has 1 aromatic carbocycles. The van der Waals surface area contributed by atoms with Gasteiger partial charge in [-0.25, -0.2) is 0 Å². The lowest BCUT2D eigenvalue weighted by atomic mass is 9.88. The molecule has 0 amide bonds. The molecule has 0 aliphatic rings. The van der Waals surface area contributed by atoms with Crippen LogP contribution in [-0.4, -0.2) is 5.97 Å². The van der Waals surface area contributed by atoms with E-state index in [4.69, 9.17) is 0 Å². The maximum absolute atomic E-state index is 10.6. The zero-order valence-corrected chi connectivity index (χ0v) is 8.83. The monoisotopic (exact) mass is 191 g/mol. The molecule has 76 valence electrons. The largest absolute Gasteiger partial charge is 0.545 e. The van der Waals surface area contributed by atoms with Gasteiger partial charge < -0.3 is 9.90 Å². The van der Waals surface area contributed by atoms with E-state index in [9.17, 15) is 9.90 Å². The molecule has 0 aliphatic carbocycles. The van der Waals surface area contributed by atoms with Crippen molar-refractivity contribution in [2.45, 2.75) is 27.2 Å². The lowest BCUT2D eigenvalue weighted by molar-refractivity contribution is -0.255. The minimum atomic E-state index is -1.11. The average molecular weight is 191 g/mol. The zero-order valence-electron chi connectivity index (χ0n) is 8.83. The summed E-state index contributed by atoms with van der Waals surface area (Å²) in [5.41, 5.74) is 1.47. The van der Waals surface area contributed by atoms with Gasteiger partial charge in [-0.2, -0.15) is 0 Å². The van der Waals surface area contributed by atoms with E-state index in [1.165, 1.54) is 0 Å². The van der Waals surface area contributed by atoms with Crippen LogP contribution in [0.4, 0.5) is 0 Å². The number of hydrogen-bond acceptors (Lipinski definition) is 2. The summed E-state index contributed by atoms with van der Waals surface area (Å²) >= 11 is 0. The fourth-order valence-corrected chi connectivity index (χ4v) is 1.42. The Hall–Kier alpha value is -1.31. The van der Waals surface area contributed by atoms with E-state index in [-0.39, 0.29) is 11.0 Å². The van der Waals surface area contributed by atoms with Crippen LogP contribution in [0.1, 0.15) is 36.7 Å². The molecule has 0 spiro atoms.